The van der Waals surface area contributed by atoms with Gasteiger partial charge in [-0.05, 0) is 6.07 Å². The summed E-state index contributed by atoms with van der Waals surface area (Å²) < 4.78 is 10.3. The van der Waals surface area contributed by atoms with Gasteiger partial charge >= 0.3 is 6.01 Å². The molecule has 2 rings (SSSR count). The van der Waals surface area contributed by atoms with Gasteiger partial charge in [0, 0.05) is 12.7 Å². The topological polar surface area (TPSA) is 70.3 Å². The molecule has 0 unspecified atom stereocenters. The van der Waals surface area contributed by atoms with E-state index >= 15 is 0 Å². The van der Waals surface area contributed by atoms with Crippen LogP contribution in [0.5, 0.6) is 6.01 Å². The molecule has 0 spiro atoms. The quantitative estimate of drug-likeness (QED) is 0.694. The van der Waals surface area contributed by atoms with Crippen molar-refractivity contribution in [2.24, 2.45) is 5.73 Å². The highest BCUT2D eigenvalue weighted by molar-refractivity contribution is 5.05. The molecular weight excluding hydrogens is 170 g/mol. The Balaban J connectivity index is 2.01. The van der Waals surface area contributed by atoms with Gasteiger partial charge in [-0.3, -0.25) is 0 Å². The van der Waals surface area contributed by atoms with Crippen molar-refractivity contribution in [3.05, 3.63) is 18.0 Å². The zero-order chi connectivity index (χ0) is 9.10. The van der Waals surface area contributed by atoms with Gasteiger partial charge in [0.1, 0.15) is 6.10 Å². The molecule has 70 valence electrons. The summed E-state index contributed by atoms with van der Waals surface area (Å²) in [6.45, 7) is 1.65. The number of hydrogen-bond donors (Lipinski definition) is 1. The van der Waals surface area contributed by atoms with Crippen LogP contribution in [0.4, 0.5) is 0 Å². The van der Waals surface area contributed by atoms with Gasteiger partial charge in [0.15, 0.2) is 0 Å². The second kappa shape index (κ2) is 3.68. The van der Waals surface area contributed by atoms with E-state index in [0.29, 0.717) is 25.8 Å². The number of nitrogens with two attached hydrogens (primary N) is 1. The Morgan fingerprint density at radius 3 is 3.08 bits per heavy atom. The van der Waals surface area contributed by atoms with E-state index in [2.05, 4.69) is 9.97 Å². The maximum absolute atomic E-state index is 5.43. The van der Waals surface area contributed by atoms with Crippen LogP contribution in [-0.2, 0) is 11.3 Å². The minimum Gasteiger partial charge on any atom is -0.455 e. The molecular formula is C8H11N3O2. The van der Waals surface area contributed by atoms with Crippen molar-refractivity contribution in [2.45, 2.75) is 12.6 Å². The van der Waals surface area contributed by atoms with Gasteiger partial charge in [-0.2, -0.15) is 4.98 Å². The molecule has 0 saturated carbocycles. The highest BCUT2D eigenvalue weighted by atomic mass is 16.6. The highest BCUT2D eigenvalue weighted by Crippen LogP contribution is 2.10. The van der Waals surface area contributed by atoms with Crippen LogP contribution in [0, 0.1) is 0 Å². The molecule has 2 heterocycles. The van der Waals surface area contributed by atoms with E-state index < -0.39 is 0 Å². The van der Waals surface area contributed by atoms with Crippen molar-refractivity contribution in [1.29, 1.82) is 0 Å². The molecule has 0 bridgehead atoms. The first kappa shape index (κ1) is 8.40. The van der Waals surface area contributed by atoms with Crippen LogP contribution >= 0.6 is 0 Å². The molecule has 5 nitrogen and oxygen atoms in total. The van der Waals surface area contributed by atoms with Gasteiger partial charge in [0.05, 0.1) is 18.9 Å². The Morgan fingerprint density at radius 1 is 1.62 bits per heavy atom. The van der Waals surface area contributed by atoms with Crippen LogP contribution in [0.1, 0.15) is 5.69 Å². The average molecular weight is 181 g/mol. The minimum absolute atomic E-state index is 0.105. The zero-order valence-corrected chi connectivity index (χ0v) is 7.14. The molecule has 1 fully saturated rings. The predicted octanol–water partition coefficient (Wildman–Crippen LogP) is -0.287. The fourth-order valence-electron chi connectivity index (χ4n) is 0.978. The third-order valence-corrected chi connectivity index (χ3v) is 1.78. The lowest BCUT2D eigenvalue weighted by Gasteiger charge is -2.25. The molecule has 0 aromatic carbocycles. The lowest BCUT2D eigenvalue weighted by atomic mass is 10.3. The Bertz CT molecular complexity index is 288. The molecule has 1 aromatic rings. The summed E-state index contributed by atoms with van der Waals surface area (Å²) in [5.74, 6) is 0. The normalized spacial score (nSPS) is 16.7. The maximum atomic E-state index is 5.43. The summed E-state index contributed by atoms with van der Waals surface area (Å²) in [6.07, 6.45) is 1.75. The molecule has 1 aliphatic rings. The molecule has 5 heteroatoms. The Morgan fingerprint density at radius 2 is 2.46 bits per heavy atom. The van der Waals surface area contributed by atoms with E-state index in [1.54, 1.807) is 12.3 Å². The number of ether oxygens (including phenoxy) is 2. The third-order valence-electron chi connectivity index (χ3n) is 1.78. The molecule has 1 aromatic heterocycles. The maximum Gasteiger partial charge on any atom is 0.317 e. The SMILES string of the molecule is NCc1ccnc(OC2COC2)n1. The molecule has 0 radical (unpaired) electrons. The van der Waals surface area contributed by atoms with Gasteiger partial charge in [0.2, 0.25) is 0 Å². The first-order chi connectivity index (χ1) is 6.38. The van der Waals surface area contributed by atoms with E-state index in [-0.39, 0.29) is 6.10 Å². The van der Waals surface area contributed by atoms with E-state index in [1.807, 2.05) is 0 Å². The largest absolute Gasteiger partial charge is 0.455 e. The van der Waals surface area contributed by atoms with Crippen LogP contribution in [0.2, 0.25) is 0 Å². The van der Waals surface area contributed by atoms with Crippen molar-refractivity contribution in [3.63, 3.8) is 0 Å². The average Bonchev–Trinajstić information content (AvgIpc) is 2.12. The second-order valence-corrected chi connectivity index (χ2v) is 2.81. The minimum atomic E-state index is 0.105. The molecule has 0 atom stereocenters. The summed E-state index contributed by atoms with van der Waals surface area (Å²) >= 11 is 0. The van der Waals surface area contributed by atoms with Gasteiger partial charge in [0.25, 0.3) is 0 Å². The van der Waals surface area contributed by atoms with E-state index in [4.69, 9.17) is 15.2 Å². The summed E-state index contributed by atoms with van der Waals surface area (Å²) in [5, 5.41) is 0. The summed E-state index contributed by atoms with van der Waals surface area (Å²) in [7, 11) is 0. The molecule has 0 aliphatic carbocycles. The smallest absolute Gasteiger partial charge is 0.317 e. The number of aromatic nitrogens is 2. The summed E-state index contributed by atoms with van der Waals surface area (Å²) in [5.41, 5.74) is 6.21. The first-order valence-electron chi connectivity index (χ1n) is 4.15. The second-order valence-electron chi connectivity index (χ2n) is 2.81. The fourth-order valence-corrected chi connectivity index (χ4v) is 0.978. The van der Waals surface area contributed by atoms with Crippen molar-refractivity contribution in [3.8, 4) is 6.01 Å². The molecule has 1 saturated heterocycles. The van der Waals surface area contributed by atoms with Crippen molar-refractivity contribution in [1.82, 2.24) is 9.97 Å². The summed E-state index contributed by atoms with van der Waals surface area (Å²) in [6, 6.07) is 2.15. The zero-order valence-electron chi connectivity index (χ0n) is 7.14. The summed E-state index contributed by atoms with van der Waals surface area (Å²) in [4.78, 5) is 8.06. The predicted molar refractivity (Wildman–Crippen MR) is 45.2 cm³/mol. The number of nitrogens with zero attached hydrogens (tertiary/aromatic N) is 2. The Labute approximate surface area is 75.9 Å². The van der Waals surface area contributed by atoms with Crippen LogP contribution in [0.25, 0.3) is 0 Å². The fraction of sp³-hybridized carbons (Fsp3) is 0.500. The van der Waals surface area contributed by atoms with E-state index in [0.717, 1.165) is 5.69 Å². The van der Waals surface area contributed by atoms with Crippen molar-refractivity contribution in [2.75, 3.05) is 13.2 Å². The van der Waals surface area contributed by atoms with E-state index in [9.17, 15) is 0 Å². The molecule has 2 N–H and O–H groups in total. The monoisotopic (exact) mass is 181 g/mol. The lowest BCUT2D eigenvalue weighted by Crippen LogP contribution is -2.39. The van der Waals surface area contributed by atoms with Crippen molar-refractivity contribution >= 4 is 0 Å². The molecule has 13 heavy (non-hydrogen) atoms. The van der Waals surface area contributed by atoms with Gasteiger partial charge in [-0.15, -0.1) is 0 Å². The Kier molecular flexibility index (Phi) is 2.37. The van der Waals surface area contributed by atoms with Crippen LogP contribution in [0.15, 0.2) is 12.3 Å². The van der Waals surface area contributed by atoms with Gasteiger partial charge in [-0.1, -0.05) is 0 Å². The van der Waals surface area contributed by atoms with Crippen molar-refractivity contribution < 1.29 is 9.47 Å². The van der Waals surface area contributed by atoms with Crippen LogP contribution in [0.3, 0.4) is 0 Å². The number of rotatable bonds is 3. The number of hydrogen-bond acceptors (Lipinski definition) is 5. The highest BCUT2D eigenvalue weighted by Gasteiger charge is 2.21. The third kappa shape index (κ3) is 1.93. The first-order valence-corrected chi connectivity index (χ1v) is 4.15. The van der Waals surface area contributed by atoms with Gasteiger partial charge < -0.3 is 15.2 Å². The van der Waals surface area contributed by atoms with E-state index in [1.165, 1.54) is 0 Å². The standard InChI is InChI=1S/C8H11N3O2/c9-3-6-1-2-10-8(11-6)13-7-4-12-5-7/h1-2,7H,3-5,9H2. The Hall–Kier alpha value is -1.20. The molecule has 0 amide bonds. The molecule has 1 aliphatic heterocycles. The van der Waals surface area contributed by atoms with Gasteiger partial charge in [-0.25, -0.2) is 4.98 Å². The van der Waals surface area contributed by atoms with Crippen LogP contribution in [-0.4, -0.2) is 29.3 Å². The van der Waals surface area contributed by atoms with Crippen LogP contribution < -0.4 is 10.5 Å². The lowest BCUT2D eigenvalue weighted by molar-refractivity contribution is -0.0832.